The van der Waals surface area contributed by atoms with E-state index in [4.69, 9.17) is 5.73 Å². The van der Waals surface area contributed by atoms with Crippen LogP contribution in [0.25, 0.3) is 0 Å². The average molecular weight is 295 g/mol. The fourth-order valence-electron chi connectivity index (χ4n) is 1.65. The lowest BCUT2D eigenvalue weighted by Gasteiger charge is -2.16. The van der Waals surface area contributed by atoms with E-state index in [-0.39, 0.29) is 6.04 Å². The van der Waals surface area contributed by atoms with Crippen molar-refractivity contribution in [2.75, 3.05) is 11.1 Å². The molecule has 3 N–H and O–H groups in total. The second kappa shape index (κ2) is 5.23. The van der Waals surface area contributed by atoms with E-state index in [1.807, 2.05) is 35.1 Å². The number of hydrogen-bond donors (Lipinski definition) is 2. The third kappa shape index (κ3) is 3.23. The van der Waals surface area contributed by atoms with Gasteiger partial charge in [0.15, 0.2) is 0 Å². The lowest BCUT2D eigenvalue weighted by atomic mass is 10.2. The predicted octanol–water partition coefficient (Wildman–Crippen LogP) is 2.73. The van der Waals surface area contributed by atoms with Gasteiger partial charge in [-0.1, -0.05) is 0 Å². The Morgan fingerprint density at radius 2 is 2.35 bits per heavy atom. The SMILES string of the molecule is CC(Cn1cccn1)Nc1ccc(N)cc1Br. The Labute approximate surface area is 109 Å². The van der Waals surface area contributed by atoms with Gasteiger partial charge in [0.1, 0.15) is 0 Å². The highest BCUT2D eigenvalue weighted by Gasteiger charge is 2.06. The van der Waals surface area contributed by atoms with Crippen LogP contribution in [0.15, 0.2) is 41.1 Å². The Morgan fingerprint density at radius 3 is 3.00 bits per heavy atom. The maximum absolute atomic E-state index is 5.70. The Bertz CT molecular complexity index is 481. The zero-order chi connectivity index (χ0) is 12.3. The summed E-state index contributed by atoms with van der Waals surface area (Å²) in [6, 6.07) is 7.96. The van der Waals surface area contributed by atoms with Crippen LogP contribution >= 0.6 is 15.9 Å². The first-order chi connectivity index (χ1) is 8.15. The summed E-state index contributed by atoms with van der Waals surface area (Å²) in [5, 5.41) is 7.59. The topological polar surface area (TPSA) is 55.9 Å². The molecule has 0 aliphatic heterocycles. The Balaban J connectivity index is 2.00. The van der Waals surface area contributed by atoms with Crippen molar-refractivity contribution in [1.82, 2.24) is 9.78 Å². The molecule has 2 aromatic rings. The maximum atomic E-state index is 5.70. The van der Waals surface area contributed by atoms with Gasteiger partial charge in [-0.3, -0.25) is 4.68 Å². The van der Waals surface area contributed by atoms with Crippen molar-refractivity contribution >= 4 is 27.3 Å². The van der Waals surface area contributed by atoms with E-state index >= 15 is 0 Å². The molecular formula is C12H15BrN4. The summed E-state index contributed by atoms with van der Waals surface area (Å²) in [6.45, 7) is 2.94. The Kier molecular flexibility index (Phi) is 3.68. The van der Waals surface area contributed by atoms with Gasteiger partial charge in [-0.25, -0.2) is 0 Å². The first-order valence-electron chi connectivity index (χ1n) is 5.44. The molecule has 0 saturated carbocycles. The molecule has 0 bridgehead atoms. The second-order valence-electron chi connectivity index (χ2n) is 4.01. The van der Waals surface area contributed by atoms with Gasteiger partial charge >= 0.3 is 0 Å². The first-order valence-corrected chi connectivity index (χ1v) is 6.23. The molecular weight excluding hydrogens is 280 g/mol. The second-order valence-corrected chi connectivity index (χ2v) is 4.87. The van der Waals surface area contributed by atoms with E-state index in [1.165, 1.54) is 0 Å². The van der Waals surface area contributed by atoms with Crippen LogP contribution in [0, 0.1) is 0 Å². The fraction of sp³-hybridized carbons (Fsp3) is 0.250. The molecule has 0 radical (unpaired) electrons. The molecule has 1 heterocycles. The van der Waals surface area contributed by atoms with Crippen molar-refractivity contribution in [3.05, 3.63) is 41.1 Å². The molecule has 0 aliphatic rings. The number of nitrogen functional groups attached to an aromatic ring is 1. The molecule has 0 spiro atoms. The number of rotatable bonds is 4. The number of benzene rings is 1. The average Bonchev–Trinajstić information content (AvgIpc) is 2.75. The monoisotopic (exact) mass is 294 g/mol. The van der Waals surface area contributed by atoms with Gasteiger partial charge in [-0.05, 0) is 47.1 Å². The standard InChI is InChI=1S/C12H15BrN4/c1-9(8-17-6-2-5-15-17)16-12-4-3-10(14)7-11(12)13/h2-7,9,16H,8,14H2,1H3. The van der Waals surface area contributed by atoms with Gasteiger partial charge < -0.3 is 11.1 Å². The van der Waals surface area contributed by atoms with Crippen LogP contribution in [0.2, 0.25) is 0 Å². The minimum atomic E-state index is 0.287. The lowest BCUT2D eigenvalue weighted by Crippen LogP contribution is -2.22. The third-order valence-corrected chi connectivity index (χ3v) is 3.07. The van der Waals surface area contributed by atoms with Crippen LogP contribution in [0.5, 0.6) is 0 Å². The number of halogens is 1. The van der Waals surface area contributed by atoms with Crippen LogP contribution in [0.1, 0.15) is 6.92 Å². The Morgan fingerprint density at radius 1 is 1.53 bits per heavy atom. The van der Waals surface area contributed by atoms with E-state index < -0.39 is 0 Å². The Hall–Kier alpha value is -1.49. The normalized spacial score (nSPS) is 12.4. The molecule has 1 aromatic heterocycles. The number of nitrogens with zero attached hydrogens (tertiary/aromatic N) is 2. The van der Waals surface area contributed by atoms with Gasteiger partial charge in [-0.2, -0.15) is 5.10 Å². The van der Waals surface area contributed by atoms with Crippen molar-refractivity contribution in [2.24, 2.45) is 0 Å². The molecule has 90 valence electrons. The smallest absolute Gasteiger partial charge is 0.0608 e. The van der Waals surface area contributed by atoms with E-state index in [2.05, 4.69) is 33.3 Å². The van der Waals surface area contributed by atoms with Gasteiger partial charge in [0.05, 0.1) is 6.54 Å². The summed E-state index contributed by atoms with van der Waals surface area (Å²) < 4.78 is 2.88. The van der Waals surface area contributed by atoms with Crippen molar-refractivity contribution in [1.29, 1.82) is 0 Å². The van der Waals surface area contributed by atoms with Crippen molar-refractivity contribution < 1.29 is 0 Å². The summed E-state index contributed by atoms with van der Waals surface area (Å²) in [6.07, 6.45) is 3.74. The molecule has 0 fully saturated rings. The van der Waals surface area contributed by atoms with Crippen LogP contribution < -0.4 is 11.1 Å². The fourth-order valence-corrected chi connectivity index (χ4v) is 2.16. The highest BCUT2D eigenvalue weighted by molar-refractivity contribution is 9.10. The van der Waals surface area contributed by atoms with Crippen molar-refractivity contribution in [3.63, 3.8) is 0 Å². The number of anilines is 2. The maximum Gasteiger partial charge on any atom is 0.0608 e. The molecule has 0 amide bonds. The summed E-state index contributed by atoms with van der Waals surface area (Å²) >= 11 is 3.49. The summed E-state index contributed by atoms with van der Waals surface area (Å²) in [5.74, 6) is 0. The number of aromatic nitrogens is 2. The lowest BCUT2D eigenvalue weighted by molar-refractivity contribution is 0.561. The van der Waals surface area contributed by atoms with Crippen molar-refractivity contribution in [3.8, 4) is 0 Å². The highest BCUT2D eigenvalue weighted by atomic mass is 79.9. The summed E-state index contributed by atoms with van der Waals surface area (Å²) in [7, 11) is 0. The van der Waals surface area contributed by atoms with E-state index in [1.54, 1.807) is 6.20 Å². The molecule has 1 atom stereocenters. The zero-order valence-corrected chi connectivity index (χ0v) is 11.2. The van der Waals surface area contributed by atoms with Crippen LogP contribution in [-0.2, 0) is 6.54 Å². The number of hydrogen-bond acceptors (Lipinski definition) is 3. The third-order valence-electron chi connectivity index (χ3n) is 2.42. The predicted molar refractivity (Wildman–Crippen MR) is 73.9 cm³/mol. The molecule has 2 rings (SSSR count). The minimum Gasteiger partial charge on any atom is -0.399 e. The molecule has 0 saturated heterocycles. The number of nitrogens with one attached hydrogen (secondary N) is 1. The molecule has 4 nitrogen and oxygen atoms in total. The van der Waals surface area contributed by atoms with Gasteiger partial charge in [0.25, 0.3) is 0 Å². The van der Waals surface area contributed by atoms with Crippen molar-refractivity contribution in [2.45, 2.75) is 19.5 Å². The van der Waals surface area contributed by atoms with Crippen LogP contribution in [0.3, 0.4) is 0 Å². The van der Waals surface area contributed by atoms with E-state index in [9.17, 15) is 0 Å². The van der Waals surface area contributed by atoms with E-state index in [0.717, 1.165) is 22.4 Å². The largest absolute Gasteiger partial charge is 0.399 e. The van der Waals surface area contributed by atoms with Gasteiger partial charge in [-0.15, -0.1) is 0 Å². The highest BCUT2D eigenvalue weighted by Crippen LogP contribution is 2.25. The van der Waals surface area contributed by atoms with Gasteiger partial charge in [0, 0.05) is 34.3 Å². The zero-order valence-electron chi connectivity index (χ0n) is 9.60. The van der Waals surface area contributed by atoms with Crippen LogP contribution in [0.4, 0.5) is 11.4 Å². The minimum absolute atomic E-state index is 0.287. The number of nitrogens with two attached hydrogens (primary N) is 1. The molecule has 5 heteroatoms. The summed E-state index contributed by atoms with van der Waals surface area (Å²) in [4.78, 5) is 0. The van der Waals surface area contributed by atoms with E-state index in [0.29, 0.717) is 0 Å². The van der Waals surface area contributed by atoms with Gasteiger partial charge in [0.2, 0.25) is 0 Å². The quantitative estimate of drug-likeness (QED) is 0.853. The molecule has 1 unspecified atom stereocenters. The molecule has 1 aromatic carbocycles. The first kappa shape index (κ1) is 12.0. The molecule has 17 heavy (non-hydrogen) atoms. The molecule has 0 aliphatic carbocycles. The van der Waals surface area contributed by atoms with Crippen LogP contribution in [-0.4, -0.2) is 15.8 Å². The summed E-state index contributed by atoms with van der Waals surface area (Å²) in [5.41, 5.74) is 7.49.